The SMILES string of the molecule is O=c1[nH]c(-c2ccccc2)nc(S[C@@H]2CCCC[C@@H]2Cl)c1C(F)(F)F. The fourth-order valence-corrected chi connectivity index (χ4v) is 4.61. The monoisotopic (exact) mass is 388 g/mol. The van der Waals surface area contributed by atoms with Gasteiger partial charge < -0.3 is 4.98 Å². The first-order valence-corrected chi connectivity index (χ1v) is 9.25. The van der Waals surface area contributed by atoms with Crippen molar-refractivity contribution >= 4 is 23.4 Å². The third kappa shape index (κ3) is 4.20. The van der Waals surface area contributed by atoms with Crippen LogP contribution in [0.1, 0.15) is 31.2 Å². The second-order valence-electron chi connectivity index (χ2n) is 5.92. The molecule has 0 amide bonds. The minimum atomic E-state index is -4.77. The summed E-state index contributed by atoms with van der Waals surface area (Å²) in [5, 5.41) is -0.705. The maximum Gasteiger partial charge on any atom is 0.424 e. The molecule has 0 bridgehead atoms. The van der Waals surface area contributed by atoms with Crippen molar-refractivity contribution in [1.82, 2.24) is 9.97 Å². The van der Waals surface area contributed by atoms with Crippen LogP contribution in [0.3, 0.4) is 0 Å². The molecule has 25 heavy (non-hydrogen) atoms. The highest BCUT2D eigenvalue weighted by molar-refractivity contribution is 8.00. The van der Waals surface area contributed by atoms with Crippen LogP contribution >= 0.6 is 23.4 Å². The largest absolute Gasteiger partial charge is 0.424 e. The molecule has 1 aromatic heterocycles. The first kappa shape index (κ1) is 18.3. The van der Waals surface area contributed by atoms with Gasteiger partial charge in [0.15, 0.2) is 5.56 Å². The fourth-order valence-electron chi connectivity index (χ4n) is 2.85. The Balaban J connectivity index is 2.06. The molecule has 1 fully saturated rings. The molecule has 1 N–H and O–H groups in total. The number of nitrogens with zero attached hydrogens (tertiary/aromatic N) is 1. The zero-order valence-corrected chi connectivity index (χ0v) is 14.7. The van der Waals surface area contributed by atoms with Gasteiger partial charge in [-0.2, -0.15) is 13.2 Å². The van der Waals surface area contributed by atoms with Crippen LogP contribution in [0, 0.1) is 0 Å². The normalized spacial score (nSPS) is 21.3. The first-order valence-electron chi connectivity index (χ1n) is 7.94. The number of nitrogens with one attached hydrogen (secondary N) is 1. The lowest BCUT2D eigenvalue weighted by molar-refractivity contribution is -0.141. The molecule has 2 atom stereocenters. The van der Waals surface area contributed by atoms with Crippen molar-refractivity contribution in [3.8, 4) is 11.4 Å². The van der Waals surface area contributed by atoms with Gasteiger partial charge in [-0.25, -0.2) is 4.98 Å². The molecule has 0 saturated heterocycles. The van der Waals surface area contributed by atoms with E-state index in [2.05, 4.69) is 9.97 Å². The summed E-state index contributed by atoms with van der Waals surface area (Å²) in [6.45, 7) is 0. The molecule has 1 heterocycles. The van der Waals surface area contributed by atoms with E-state index in [-0.39, 0.29) is 21.5 Å². The number of thioether (sulfide) groups is 1. The molecule has 3 nitrogen and oxygen atoms in total. The van der Waals surface area contributed by atoms with Gasteiger partial charge in [-0.3, -0.25) is 4.79 Å². The molecule has 0 aliphatic heterocycles. The average molecular weight is 389 g/mol. The number of H-pyrrole nitrogens is 1. The van der Waals surface area contributed by atoms with E-state index in [4.69, 9.17) is 11.6 Å². The summed E-state index contributed by atoms with van der Waals surface area (Å²) in [5.74, 6) is 0.128. The molecule has 3 rings (SSSR count). The molecule has 134 valence electrons. The van der Waals surface area contributed by atoms with Crippen molar-refractivity contribution < 1.29 is 13.2 Å². The van der Waals surface area contributed by atoms with Gasteiger partial charge >= 0.3 is 6.18 Å². The number of hydrogen-bond acceptors (Lipinski definition) is 3. The van der Waals surface area contributed by atoms with Crippen LogP contribution in [0.25, 0.3) is 11.4 Å². The van der Waals surface area contributed by atoms with Gasteiger partial charge in [0.2, 0.25) is 0 Å². The van der Waals surface area contributed by atoms with Crippen molar-refractivity contribution in [3.63, 3.8) is 0 Å². The number of aromatic nitrogens is 2. The first-order chi connectivity index (χ1) is 11.9. The van der Waals surface area contributed by atoms with E-state index in [0.717, 1.165) is 31.0 Å². The lowest BCUT2D eigenvalue weighted by Crippen LogP contribution is -2.27. The minimum absolute atomic E-state index is 0.128. The van der Waals surface area contributed by atoms with Crippen LogP contribution in [0.15, 0.2) is 40.2 Å². The third-order valence-electron chi connectivity index (χ3n) is 4.10. The number of hydrogen-bond donors (Lipinski definition) is 1. The molecule has 1 aromatic carbocycles. The summed E-state index contributed by atoms with van der Waals surface area (Å²) >= 11 is 7.25. The topological polar surface area (TPSA) is 45.8 Å². The van der Waals surface area contributed by atoms with Crippen LogP contribution in [0.5, 0.6) is 0 Å². The van der Waals surface area contributed by atoms with Gasteiger partial charge in [-0.1, -0.05) is 43.2 Å². The van der Waals surface area contributed by atoms with Gasteiger partial charge in [0.1, 0.15) is 10.9 Å². The van der Waals surface area contributed by atoms with E-state index >= 15 is 0 Å². The molecular formula is C17H16ClF3N2OS. The minimum Gasteiger partial charge on any atom is -0.306 e. The highest BCUT2D eigenvalue weighted by Crippen LogP contribution is 2.40. The standard InChI is InChI=1S/C17H16ClF3N2OS/c18-11-8-4-5-9-12(11)25-16-13(17(19,20)21)15(24)22-14(23-16)10-6-2-1-3-7-10/h1-3,6-7,11-12H,4-5,8-9H2,(H,22,23,24)/t11-,12+/m0/s1. The third-order valence-corrected chi connectivity index (χ3v) is 6.16. The van der Waals surface area contributed by atoms with E-state index < -0.39 is 17.3 Å². The van der Waals surface area contributed by atoms with Gasteiger partial charge in [-0.15, -0.1) is 23.4 Å². The van der Waals surface area contributed by atoms with Crippen LogP contribution in [0.2, 0.25) is 0 Å². The molecule has 1 aliphatic rings. The summed E-state index contributed by atoms with van der Waals surface area (Å²) in [6, 6.07) is 8.61. The quantitative estimate of drug-likeness (QED) is 0.588. The summed E-state index contributed by atoms with van der Waals surface area (Å²) in [4.78, 5) is 18.5. The van der Waals surface area contributed by atoms with Crippen molar-refractivity contribution in [2.45, 2.75) is 47.5 Å². The molecular weight excluding hydrogens is 373 g/mol. The summed E-state index contributed by atoms with van der Waals surface area (Å²) in [7, 11) is 0. The molecule has 1 aliphatic carbocycles. The van der Waals surface area contributed by atoms with Crippen LogP contribution in [-0.4, -0.2) is 20.6 Å². The van der Waals surface area contributed by atoms with Gasteiger partial charge in [0, 0.05) is 16.2 Å². The summed E-state index contributed by atoms with van der Waals surface area (Å²) in [6.07, 6.45) is -1.42. The Morgan fingerprint density at radius 2 is 1.84 bits per heavy atom. The van der Waals surface area contributed by atoms with Gasteiger partial charge in [0.05, 0.1) is 0 Å². The van der Waals surface area contributed by atoms with Crippen molar-refractivity contribution in [1.29, 1.82) is 0 Å². The maximum absolute atomic E-state index is 13.4. The lowest BCUT2D eigenvalue weighted by atomic mass is 10.00. The second kappa shape index (κ2) is 7.41. The van der Waals surface area contributed by atoms with Crippen molar-refractivity contribution in [3.05, 3.63) is 46.2 Å². The zero-order chi connectivity index (χ0) is 18.0. The van der Waals surface area contributed by atoms with Crippen LogP contribution in [-0.2, 0) is 6.18 Å². The number of rotatable bonds is 3. The molecule has 2 aromatic rings. The van der Waals surface area contributed by atoms with Crippen molar-refractivity contribution in [2.75, 3.05) is 0 Å². The Kier molecular flexibility index (Phi) is 5.43. The van der Waals surface area contributed by atoms with E-state index in [1.54, 1.807) is 30.3 Å². The van der Waals surface area contributed by atoms with E-state index in [1.165, 1.54) is 0 Å². The van der Waals surface area contributed by atoms with Gasteiger partial charge in [-0.05, 0) is 12.8 Å². The molecule has 8 heteroatoms. The van der Waals surface area contributed by atoms with Crippen molar-refractivity contribution in [2.24, 2.45) is 0 Å². The van der Waals surface area contributed by atoms with E-state index in [0.29, 0.717) is 12.0 Å². The number of aromatic amines is 1. The number of halogens is 4. The zero-order valence-electron chi connectivity index (χ0n) is 13.1. The van der Waals surface area contributed by atoms with Crippen LogP contribution in [0.4, 0.5) is 13.2 Å². The predicted molar refractivity (Wildman–Crippen MR) is 93.0 cm³/mol. The predicted octanol–water partition coefficient (Wildman–Crippen LogP) is 5.10. The summed E-state index contributed by atoms with van der Waals surface area (Å²) < 4.78 is 40.2. The Labute approximate surface area is 152 Å². The van der Waals surface area contributed by atoms with E-state index in [1.807, 2.05) is 0 Å². The Morgan fingerprint density at radius 1 is 1.16 bits per heavy atom. The number of alkyl halides is 4. The molecule has 1 saturated carbocycles. The Hall–Kier alpha value is -1.47. The average Bonchev–Trinajstić information content (AvgIpc) is 2.56. The molecule has 0 spiro atoms. The Morgan fingerprint density at radius 3 is 2.48 bits per heavy atom. The highest BCUT2D eigenvalue weighted by Gasteiger charge is 2.39. The number of benzene rings is 1. The Bertz CT molecular complexity index is 795. The molecule has 0 radical (unpaired) electrons. The van der Waals surface area contributed by atoms with E-state index in [9.17, 15) is 18.0 Å². The second-order valence-corrected chi connectivity index (χ2v) is 7.70. The maximum atomic E-state index is 13.4. The molecule has 0 unspecified atom stereocenters. The van der Waals surface area contributed by atoms with Crippen LogP contribution < -0.4 is 5.56 Å². The smallest absolute Gasteiger partial charge is 0.306 e. The van der Waals surface area contributed by atoms with Gasteiger partial charge in [0.25, 0.3) is 5.56 Å². The highest BCUT2D eigenvalue weighted by atomic mass is 35.5. The summed E-state index contributed by atoms with van der Waals surface area (Å²) in [5.41, 5.74) is -1.86. The lowest BCUT2D eigenvalue weighted by Gasteiger charge is -2.26. The fraction of sp³-hybridized carbons (Fsp3) is 0.412.